The van der Waals surface area contributed by atoms with E-state index in [1.54, 1.807) is 12.1 Å². The number of carbonyl (C=O) groups excluding carboxylic acids is 1. The molecule has 0 spiro atoms. The molecule has 5 heteroatoms. The summed E-state index contributed by atoms with van der Waals surface area (Å²) in [5, 5.41) is 6.13. The molecule has 102 valence electrons. The van der Waals surface area contributed by atoms with E-state index in [1.807, 2.05) is 4.90 Å². The van der Waals surface area contributed by atoms with E-state index in [4.69, 9.17) is 0 Å². The summed E-state index contributed by atoms with van der Waals surface area (Å²) in [7, 11) is 0. The molecule has 2 aliphatic heterocycles. The molecule has 1 aromatic rings. The van der Waals surface area contributed by atoms with Crippen LogP contribution in [0.1, 0.15) is 6.42 Å². The SMILES string of the molecule is O=C(Nc1cccc(F)c1)N1CC2CCNCC2C1. The standard InChI is InChI=1S/C14H18FN3O/c15-12-2-1-3-13(6-12)17-14(19)18-8-10-4-5-16-7-11(10)9-18/h1-3,6,10-11,16H,4-5,7-9H2,(H,17,19). The number of piperidine rings is 1. The first-order chi connectivity index (χ1) is 9.22. The van der Waals surface area contributed by atoms with Crippen molar-refractivity contribution in [2.75, 3.05) is 31.5 Å². The molecule has 2 saturated heterocycles. The third kappa shape index (κ3) is 2.71. The number of urea groups is 1. The van der Waals surface area contributed by atoms with Crippen molar-refractivity contribution in [3.8, 4) is 0 Å². The van der Waals surface area contributed by atoms with Gasteiger partial charge in [0.05, 0.1) is 0 Å². The third-order valence-corrected chi connectivity index (χ3v) is 4.04. The van der Waals surface area contributed by atoms with Gasteiger partial charge >= 0.3 is 6.03 Å². The van der Waals surface area contributed by atoms with Gasteiger partial charge in [0.1, 0.15) is 5.82 Å². The van der Waals surface area contributed by atoms with Crippen LogP contribution in [0.25, 0.3) is 0 Å². The molecule has 2 amide bonds. The van der Waals surface area contributed by atoms with Gasteiger partial charge in [0.2, 0.25) is 0 Å². The van der Waals surface area contributed by atoms with Gasteiger partial charge < -0.3 is 15.5 Å². The number of hydrogen-bond donors (Lipinski definition) is 2. The van der Waals surface area contributed by atoms with Crippen molar-refractivity contribution in [1.29, 1.82) is 0 Å². The maximum absolute atomic E-state index is 13.1. The Labute approximate surface area is 112 Å². The number of halogens is 1. The highest BCUT2D eigenvalue weighted by molar-refractivity contribution is 5.89. The third-order valence-electron chi connectivity index (χ3n) is 4.04. The van der Waals surface area contributed by atoms with Gasteiger partial charge in [-0.25, -0.2) is 9.18 Å². The normalized spacial score (nSPS) is 26.1. The van der Waals surface area contributed by atoms with E-state index in [0.29, 0.717) is 17.5 Å². The van der Waals surface area contributed by atoms with Gasteiger partial charge in [0.25, 0.3) is 0 Å². The summed E-state index contributed by atoms with van der Waals surface area (Å²) in [5.41, 5.74) is 0.512. The summed E-state index contributed by atoms with van der Waals surface area (Å²) < 4.78 is 13.1. The number of likely N-dealkylation sites (tertiary alicyclic amines) is 1. The van der Waals surface area contributed by atoms with Crippen LogP contribution in [-0.2, 0) is 0 Å². The number of nitrogens with one attached hydrogen (secondary N) is 2. The summed E-state index contributed by atoms with van der Waals surface area (Å²) in [6, 6.07) is 5.87. The number of anilines is 1. The molecule has 0 aromatic heterocycles. The Kier molecular flexibility index (Phi) is 3.38. The maximum atomic E-state index is 13.1. The minimum absolute atomic E-state index is 0.125. The topological polar surface area (TPSA) is 44.4 Å². The molecule has 3 rings (SSSR count). The lowest BCUT2D eigenvalue weighted by atomic mass is 9.90. The molecule has 2 unspecified atom stereocenters. The molecule has 2 heterocycles. The number of benzene rings is 1. The fourth-order valence-electron chi connectivity index (χ4n) is 3.01. The second-order valence-corrected chi connectivity index (χ2v) is 5.36. The highest BCUT2D eigenvalue weighted by Gasteiger charge is 2.36. The highest BCUT2D eigenvalue weighted by atomic mass is 19.1. The first-order valence-electron chi connectivity index (χ1n) is 6.74. The van der Waals surface area contributed by atoms with Gasteiger partial charge in [-0.3, -0.25) is 0 Å². The summed E-state index contributed by atoms with van der Waals surface area (Å²) in [4.78, 5) is 14.0. The number of hydrogen-bond acceptors (Lipinski definition) is 2. The molecule has 2 N–H and O–H groups in total. The lowest BCUT2D eigenvalue weighted by molar-refractivity contribution is 0.220. The van der Waals surface area contributed by atoms with Crippen LogP contribution in [-0.4, -0.2) is 37.1 Å². The Morgan fingerprint density at radius 3 is 3.00 bits per heavy atom. The smallest absolute Gasteiger partial charge is 0.321 e. The molecular formula is C14H18FN3O. The van der Waals surface area contributed by atoms with E-state index >= 15 is 0 Å². The van der Waals surface area contributed by atoms with E-state index in [9.17, 15) is 9.18 Å². The molecule has 2 fully saturated rings. The summed E-state index contributed by atoms with van der Waals surface area (Å²) in [6.07, 6.45) is 1.13. The predicted octanol–water partition coefficient (Wildman–Crippen LogP) is 1.90. The van der Waals surface area contributed by atoms with E-state index in [2.05, 4.69) is 10.6 Å². The minimum Gasteiger partial charge on any atom is -0.324 e. The van der Waals surface area contributed by atoms with Crippen LogP contribution in [0.3, 0.4) is 0 Å². The molecule has 4 nitrogen and oxygen atoms in total. The number of amides is 2. The highest BCUT2D eigenvalue weighted by Crippen LogP contribution is 2.28. The predicted molar refractivity (Wildman–Crippen MR) is 71.5 cm³/mol. The van der Waals surface area contributed by atoms with Crippen LogP contribution >= 0.6 is 0 Å². The Balaban J connectivity index is 1.62. The van der Waals surface area contributed by atoms with E-state index in [0.717, 1.165) is 32.6 Å². The quantitative estimate of drug-likeness (QED) is 0.812. The Morgan fingerprint density at radius 2 is 2.21 bits per heavy atom. The van der Waals surface area contributed by atoms with E-state index < -0.39 is 0 Å². The van der Waals surface area contributed by atoms with Gasteiger partial charge in [-0.05, 0) is 49.5 Å². The Morgan fingerprint density at radius 1 is 1.37 bits per heavy atom. The molecule has 0 bridgehead atoms. The van der Waals surface area contributed by atoms with Gasteiger partial charge in [-0.2, -0.15) is 0 Å². The largest absolute Gasteiger partial charge is 0.324 e. The maximum Gasteiger partial charge on any atom is 0.321 e. The van der Waals surface area contributed by atoms with Crippen LogP contribution < -0.4 is 10.6 Å². The average molecular weight is 263 g/mol. The molecule has 19 heavy (non-hydrogen) atoms. The van der Waals surface area contributed by atoms with Gasteiger partial charge in [0.15, 0.2) is 0 Å². The van der Waals surface area contributed by atoms with Crippen molar-refractivity contribution in [1.82, 2.24) is 10.2 Å². The van der Waals surface area contributed by atoms with Crippen LogP contribution in [0, 0.1) is 17.7 Å². The number of rotatable bonds is 1. The number of nitrogens with zero attached hydrogens (tertiary/aromatic N) is 1. The molecule has 0 aliphatic carbocycles. The lowest BCUT2D eigenvalue weighted by Gasteiger charge is -2.23. The summed E-state index contributed by atoms with van der Waals surface area (Å²) >= 11 is 0. The van der Waals surface area contributed by atoms with Crippen molar-refractivity contribution in [3.05, 3.63) is 30.1 Å². The van der Waals surface area contributed by atoms with Gasteiger partial charge in [0, 0.05) is 18.8 Å². The van der Waals surface area contributed by atoms with Crippen LogP contribution in [0.5, 0.6) is 0 Å². The van der Waals surface area contributed by atoms with Crippen molar-refractivity contribution in [3.63, 3.8) is 0 Å². The van der Waals surface area contributed by atoms with Crippen molar-refractivity contribution >= 4 is 11.7 Å². The van der Waals surface area contributed by atoms with Crippen LogP contribution in [0.4, 0.5) is 14.9 Å². The summed E-state index contributed by atoms with van der Waals surface area (Å²) in [6.45, 7) is 3.64. The molecular weight excluding hydrogens is 245 g/mol. The van der Waals surface area contributed by atoms with Crippen LogP contribution in [0.15, 0.2) is 24.3 Å². The van der Waals surface area contributed by atoms with Crippen molar-refractivity contribution in [2.45, 2.75) is 6.42 Å². The molecule has 0 saturated carbocycles. The van der Waals surface area contributed by atoms with Gasteiger partial charge in [-0.15, -0.1) is 0 Å². The Hall–Kier alpha value is -1.62. The monoisotopic (exact) mass is 263 g/mol. The fraction of sp³-hybridized carbons (Fsp3) is 0.500. The van der Waals surface area contributed by atoms with Gasteiger partial charge in [-0.1, -0.05) is 6.07 Å². The number of fused-ring (bicyclic) bond motifs is 1. The number of carbonyl (C=O) groups is 1. The second kappa shape index (κ2) is 5.17. The van der Waals surface area contributed by atoms with Crippen LogP contribution in [0.2, 0.25) is 0 Å². The van der Waals surface area contributed by atoms with Crippen molar-refractivity contribution in [2.24, 2.45) is 11.8 Å². The van der Waals surface area contributed by atoms with E-state index in [1.165, 1.54) is 12.1 Å². The average Bonchev–Trinajstić information content (AvgIpc) is 2.82. The molecule has 2 aliphatic rings. The zero-order chi connectivity index (χ0) is 13.2. The lowest BCUT2D eigenvalue weighted by Crippen LogP contribution is -2.35. The second-order valence-electron chi connectivity index (χ2n) is 5.36. The Bertz CT molecular complexity index is 466. The minimum atomic E-state index is -0.336. The van der Waals surface area contributed by atoms with Crippen molar-refractivity contribution < 1.29 is 9.18 Å². The summed E-state index contributed by atoms with van der Waals surface area (Å²) in [5.74, 6) is 0.837. The zero-order valence-electron chi connectivity index (χ0n) is 10.7. The zero-order valence-corrected chi connectivity index (χ0v) is 10.7. The van der Waals surface area contributed by atoms with E-state index in [-0.39, 0.29) is 11.8 Å². The molecule has 2 atom stereocenters. The molecule has 1 aromatic carbocycles. The molecule has 0 radical (unpaired) electrons. The first-order valence-corrected chi connectivity index (χ1v) is 6.74. The first kappa shape index (κ1) is 12.4. The fourth-order valence-corrected chi connectivity index (χ4v) is 3.01.